The average Bonchev–Trinajstić information content (AvgIpc) is 2.67. The summed E-state index contributed by atoms with van der Waals surface area (Å²) in [5.74, 6) is -0.911. The van der Waals surface area contributed by atoms with Crippen molar-refractivity contribution in [1.29, 1.82) is 0 Å². The first-order chi connectivity index (χ1) is 12.5. The minimum absolute atomic E-state index is 0.000913. The van der Waals surface area contributed by atoms with Crippen molar-refractivity contribution in [3.63, 3.8) is 0 Å². The number of carbonyl (C=O) groups excluding carboxylic acids is 1. The molecule has 0 spiro atoms. The summed E-state index contributed by atoms with van der Waals surface area (Å²) < 4.78 is 5.94. The molecule has 6 nitrogen and oxygen atoms in total. The van der Waals surface area contributed by atoms with E-state index in [2.05, 4.69) is 0 Å². The Bertz CT molecular complexity index is 754. The molecule has 2 aromatic carbocycles. The summed E-state index contributed by atoms with van der Waals surface area (Å²) in [5.41, 5.74) is -1.04. The number of carboxylic acid groups (broad SMARTS) is 1. The molecule has 1 unspecified atom stereocenters. The van der Waals surface area contributed by atoms with Gasteiger partial charge in [0.25, 0.3) is 5.91 Å². The van der Waals surface area contributed by atoms with Crippen LogP contribution in [0.5, 0.6) is 5.75 Å². The maximum atomic E-state index is 13.1. The molecule has 0 bridgehead atoms. The topological polar surface area (TPSA) is 87.1 Å². The highest BCUT2D eigenvalue weighted by Gasteiger charge is 2.41. The normalized spacial score (nSPS) is 17.3. The van der Waals surface area contributed by atoms with E-state index in [-0.39, 0.29) is 31.8 Å². The van der Waals surface area contributed by atoms with E-state index in [1.165, 1.54) is 0 Å². The molecule has 0 aromatic heterocycles. The van der Waals surface area contributed by atoms with Crippen LogP contribution < -0.4 is 4.74 Å². The molecule has 2 aromatic rings. The summed E-state index contributed by atoms with van der Waals surface area (Å²) in [4.78, 5) is 25.8. The van der Waals surface area contributed by atoms with Crippen LogP contribution in [0.1, 0.15) is 24.5 Å². The molecule has 0 saturated carbocycles. The third-order valence-electron chi connectivity index (χ3n) is 4.62. The fourth-order valence-corrected chi connectivity index (χ4v) is 3.00. The number of piperidine rings is 1. The molecule has 0 radical (unpaired) electrons. The van der Waals surface area contributed by atoms with Gasteiger partial charge >= 0.3 is 5.97 Å². The number of carboxylic acids is 1. The maximum absolute atomic E-state index is 13.1. The smallest absolute Gasteiger partial charge is 0.335 e. The zero-order valence-corrected chi connectivity index (χ0v) is 14.2. The molecule has 2 N–H and O–H groups in total. The SMILES string of the molecule is O=C(C(Oc1ccccc1)c1ccccc1)N1CCC(O)(C(=O)O)CC1. The number of nitrogens with zero attached hydrogens (tertiary/aromatic N) is 1. The molecular formula is C20H21NO5. The number of aliphatic carboxylic acids is 1. The number of ether oxygens (including phenoxy) is 1. The molecule has 136 valence electrons. The summed E-state index contributed by atoms with van der Waals surface area (Å²) in [7, 11) is 0. The van der Waals surface area contributed by atoms with Gasteiger partial charge in [0.15, 0.2) is 5.60 Å². The predicted molar refractivity (Wildman–Crippen MR) is 94.7 cm³/mol. The largest absolute Gasteiger partial charge is 0.479 e. The zero-order valence-electron chi connectivity index (χ0n) is 14.2. The van der Waals surface area contributed by atoms with E-state index in [4.69, 9.17) is 9.84 Å². The van der Waals surface area contributed by atoms with Gasteiger partial charge in [0.1, 0.15) is 5.75 Å². The van der Waals surface area contributed by atoms with Crippen molar-refractivity contribution in [3.05, 3.63) is 66.2 Å². The van der Waals surface area contributed by atoms with Crippen LogP contribution in [0.2, 0.25) is 0 Å². The van der Waals surface area contributed by atoms with Crippen LogP contribution in [0.3, 0.4) is 0 Å². The van der Waals surface area contributed by atoms with Crippen LogP contribution in [0.25, 0.3) is 0 Å². The lowest BCUT2D eigenvalue weighted by atomic mass is 9.91. The number of carbonyl (C=O) groups is 2. The van der Waals surface area contributed by atoms with E-state index in [0.29, 0.717) is 5.75 Å². The van der Waals surface area contributed by atoms with Crippen LogP contribution in [0.15, 0.2) is 60.7 Å². The minimum atomic E-state index is -1.76. The Morgan fingerprint density at radius 2 is 1.50 bits per heavy atom. The molecule has 1 saturated heterocycles. The molecule has 1 amide bonds. The Morgan fingerprint density at radius 1 is 0.962 bits per heavy atom. The van der Waals surface area contributed by atoms with Crippen LogP contribution in [-0.2, 0) is 9.59 Å². The Kier molecular flexibility index (Phi) is 5.23. The van der Waals surface area contributed by atoms with Crippen molar-refractivity contribution in [3.8, 4) is 5.75 Å². The van der Waals surface area contributed by atoms with Crippen molar-refractivity contribution in [2.45, 2.75) is 24.5 Å². The third-order valence-corrected chi connectivity index (χ3v) is 4.62. The summed E-state index contributed by atoms with van der Waals surface area (Å²) in [5, 5.41) is 19.2. The van der Waals surface area contributed by atoms with E-state index >= 15 is 0 Å². The molecule has 6 heteroatoms. The monoisotopic (exact) mass is 355 g/mol. The number of benzene rings is 2. The van der Waals surface area contributed by atoms with E-state index in [1.807, 2.05) is 48.5 Å². The highest BCUT2D eigenvalue weighted by Crippen LogP contribution is 2.28. The quantitative estimate of drug-likeness (QED) is 0.859. The highest BCUT2D eigenvalue weighted by atomic mass is 16.5. The second kappa shape index (κ2) is 7.58. The molecule has 1 fully saturated rings. The number of likely N-dealkylation sites (tertiary alicyclic amines) is 1. The maximum Gasteiger partial charge on any atom is 0.335 e. The molecule has 1 aliphatic heterocycles. The van der Waals surface area contributed by atoms with Crippen LogP contribution >= 0.6 is 0 Å². The fraction of sp³-hybridized carbons (Fsp3) is 0.300. The van der Waals surface area contributed by atoms with Crippen molar-refractivity contribution >= 4 is 11.9 Å². The third kappa shape index (κ3) is 3.86. The van der Waals surface area contributed by atoms with Gasteiger partial charge in [-0.2, -0.15) is 0 Å². The van der Waals surface area contributed by atoms with Crippen molar-refractivity contribution < 1.29 is 24.5 Å². The van der Waals surface area contributed by atoms with Gasteiger partial charge in [-0.25, -0.2) is 4.79 Å². The summed E-state index contributed by atoms with van der Waals surface area (Å²) >= 11 is 0. The van der Waals surface area contributed by atoms with Gasteiger partial charge in [-0.05, 0) is 12.1 Å². The molecule has 3 rings (SSSR count). The lowest BCUT2D eigenvalue weighted by Gasteiger charge is -2.36. The Labute approximate surface area is 151 Å². The van der Waals surface area contributed by atoms with Gasteiger partial charge in [0.05, 0.1) is 0 Å². The molecule has 0 aliphatic carbocycles. The first kappa shape index (κ1) is 17.9. The molecular weight excluding hydrogens is 334 g/mol. The summed E-state index contributed by atoms with van der Waals surface area (Å²) in [6, 6.07) is 18.3. The van der Waals surface area contributed by atoms with E-state index in [0.717, 1.165) is 5.56 Å². The van der Waals surface area contributed by atoms with E-state index in [9.17, 15) is 14.7 Å². The summed E-state index contributed by atoms with van der Waals surface area (Å²) in [6.45, 7) is 0.340. The molecule has 1 atom stereocenters. The van der Waals surface area contributed by atoms with Gasteiger partial charge in [-0.3, -0.25) is 4.79 Å². The predicted octanol–water partition coefficient (Wildman–Crippen LogP) is 2.24. The van der Waals surface area contributed by atoms with Gasteiger partial charge in [-0.1, -0.05) is 48.5 Å². The number of amides is 1. The lowest BCUT2D eigenvalue weighted by molar-refractivity contribution is -0.166. The molecule has 1 heterocycles. The Morgan fingerprint density at radius 3 is 2.04 bits per heavy atom. The zero-order chi connectivity index (χ0) is 18.6. The van der Waals surface area contributed by atoms with Crippen molar-refractivity contribution in [2.75, 3.05) is 13.1 Å². The van der Waals surface area contributed by atoms with Gasteiger partial charge in [-0.15, -0.1) is 0 Å². The van der Waals surface area contributed by atoms with Crippen molar-refractivity contribution in [1.82, 2.24) is 4.90 Å². The lowest BCUT2D eigenvalue weighted by Crippen LogP contribution is -2.52. The fourth-order valence-electron chi connectivity index (χ4n) is 3.00. The second-order valence-electron chi connectivity index (χ2n) is 6.38. The van der Waals surface area contributed by atoms with Crippen LogP contribution in [-0.4, -0.2) is 45.7 Å². The molecule has 1 aliphatic rings. The van der Waals surface area contributed by atoms with Crippen molar-refractivity contribution in [2.24, 2.45) is 0 Å². The molecule has 26 heavy (non-hydrogen) atoms. The van der Waals surface area contributed by atoms with E-state index in [1.54, 1.807) is 17.0 Å². The highest BCUT2D eigenvalue weighted by molar-refractivity contribution is 5.83. The van der Waals surface area contributed by atoms with E-state index < -0.39 is 17.7 Å². The first-order valence-electron chi connectivity index (χ1n) is 8.51. The number of hydrogen-bond acceptors (Lipinski definition) is 4. The Balaban J connectivity index is 1.79. The average molecular weight is 355 g/mol. The number of aliphatic hydroxyl groups is 1. The van der Waals surface area contributed by atoms with Crippen LogP contribution in [0.4, 0.5) is 0 Å². The number of rotatable bonds is 5. The van der Waals surface area contributed by atoms with Crippen LogP contribution in [0, 0.1) is 0 Å². The second-order valence-corrected chi connectivity index (χ2v) is 6.38. The number of hydrogen-bond donors (Lipinski definition) is 2. The van der Waals surface area contributed by atoms with Gasteiger partial charge in [0, 0.05) is 31.5 Å². The van der Waals surface area contributed by atoms with Gasteiger partial charge < -0.3 is 19.8 Å². The Hall–Kier alpha value is -2.86. The first-order valence-corrected chi connectivity index (χ1v) is 8.51. The van der Waals surface area contributed by atoms with Gasteiger partial charge in [0.2, 0.25) is 6.10 Å². The standard InChI is InChI=1S/C20H21NO5/c22-18(21-13-11-20(25,12-14-21)19(23)24)17(15-7-3-1-4-8-15)26-16-9-5-2-6-10-16/h1-10,17,25H,11-14H2,(H,23,24). The number of para-hydroxylation sites is 1. The minimum Gasteiger partial charge on any atom is -0.479 e. The summed E-state index contributed by atoms with van der Waals surface area (Å²) in [6.07, 6.45) is -0.823.